The van der Waals surface area contributed by atoms with Crippen LogP contribution in [-0.4, -0.2) is 75.6 Å². The summed E-state index contributed by atoms with van der Waals surface area (Å²) in [7, 11) is 0. The third kappa shape index (κ3) is 5.62. The summed E-state index contributed by atoms with van der Waals surface area (Å²) < 4.78 is 15.9. The Labute approximate surface area is 176 Å². The Bertz CT molecular complexity index is 699. The zero-order valence-corrected chi connectivity index (χ0v) is 18.5. The van der Waals surface area contributed by atoms with E-state index >= 15 is 0 Å². The number of imide groups is 1. The molecule has 0 spiro atoms. The van der Waals surface area contributed by atoms with Crippen LogP contribution in [-0.2, 0) is 23.8 Å². The Hall–Kier alpha value is -2.36. The van der Waals surface area contributed by atoms with Crippen molar-refractivity contribution in [2.75, 3.05) is 13.2 Å². The highest BCUT2D eigenvalue weighted by atomic mass is 16.6. The van der Waals surface area contributed by atoms with Crippen LogP contribution in [0.15, 0.2) is 0 Å². The number of esters is 1. The van der Waals surface area contributed by atoms with E-state index in [0.29, 0.717) is 0 Å². The van der Waals surface area contributed by atoms with E-state index in [9.17, 15) is 24.3 Å². The van der Waals surface area contributed by atoms with Crippen molar-refractivity contribution in [2.24, 2.45) is 5.92 Å². The van der Waals surface area contributed by atoms with E-state index in [4.69, 9.17) is 14.2 Å². The first-order chi connectivity index (χ1) is 13.7. The van der Waals surface area contributed by atoms with Gasteiger partial charge in [-0.15, -0.1) is 0 Å². The average molecular weight is 428 g/mol. The molecule has 0 aromatic heterocycles. The molecule has 2 aliphatic heterocycles. The van der Waals surface area contributed by atoms with E-state index in [1.54, 1.807) is 41.5 Å². The number of ether oxygens (including phenoxy) is 3. The molecule has 10 nitrogen and oxygen atoms in total. The molecular formula is C20H32N2O8. The van der Waals surface area contributed by atoms with Crippen LogP contribution in [0, 0.1) is 5.92 Å². The van der Waals surface area contributed by atoms with Crippen LogP contribution in [0.25, 0.3) is 0 Å². The summed E-state index contributed by atoms with van der Waals surface area (Å²) in [5.74, 6) is -1.71. The number of amides is 3. The van der Waals surface area contributed by atoms with Crippen LogP contribution < -0.4 is 0 Å². The molecule has 3 amide bonds. The molecule has 170 valence electrons. The molecule has 0 bridgehead atoms. The first kappa shape index (κ1) is 23.9. The lowest BCUT2D eigenvalue weighted by Gasteiger charge is -2.33. The van der Waals surface area contributed by atoms with E-state index in [1.807, 2.05) is 0 Å². The first-order valence-electron chi connectivity index (χ1n) is 10.1. The van der Waals surface area contributed by atoms with Crippen molar-refractivity contribution in [2.45, 2.75) is 84.2 Å². The minimum absolute atomic E-state index is 0.0328. The Balaban J connectivity index is 2.18. The quantitative estimate of drug-likeness (QED) is 0.641. The predicted molar refractivity (Wildman–Crippen MR) is 105 cm³/mol. The number of cyclic esters (lactones) is 1. The second-order valence-corrected chi connectivity index (χ2v) is 9.26. The lowest BCUT2D eigenvalue weighted by atomic mass is 9.92. The van der Waals surface area contributed by atoms with Gasteiger partial charge in [-0.05, 0) is 54.4 Å². The van der Waals surface area contributed by atoms with Crippen LogP contribution >= 0.6 is 0 Å². The summed E-state index contributed by atoms with van der Waals surface area (Å²) in [5, 5.41) is 9.61. The molecule has 0 aromatic rings. The van der Waals surface area contributed by atoms with Crippen molar-refractivity contribution in [3.8, 4) is 0 Å². The highest BCUT2D eigenvalue weighted by Gasteiger charge is 2.47. The molecule has 0 aromatic carbocycles. The molecule has 2 rings (SSSR count). The first-order valence-corrected chi connectivity index (χ1v) is 10.1. The third-order valence-corrected chi connectivity index (χ3v) is 5.13. The second kappa shape index (κ2) is 8.79. The summed E-state index contributed by atoms with van der Waals surface area (Å²) in [6.45, 7) is 10.4. The Morgan fingerprint density at radius 2 is 1.90 bits per heavy atom. The molecule has 2 saturated heterocycles. The Morgan fingerprint density at radius 1 is 1.27 bits per heavy atom. The minimum atomic E-state index is -1.16. The monoisotopic (exact) mass is 428 g/mol. The van der Waals surface area contributed by atoms with Gasteiger partial charge in [0.05, 0.1) is 18.7 Å². The molecule has 0 radical (unpaired) electrons. The van der Waals surface area contributed by atoms with Gasteiger partial charge in [-0.25, -0.2) is 14.5 Å². The molecule has 0 aliphatic carbocycles. The molecule has 1 N–H and O–H groups in total. The smallest absolute Gasteiger partial charge is 0.416 e. The average Bonchev–Trinajstić information content (AvgIpc) is 3.07. The molecule has 3 atom stereocenters. The van der Waals surface area contributed by atoms with Gasteiger partial charge in [0, 0.05) is 12.3 Å². The summed E-state index contributed by atoms with van der Waals surface area (Å²) in [6.07, 6.45) is -1.68. The third-order valence-electron chi connectivity index (χ3n) is 5.13. The molecule has 2 fully saturated rings. The fourth-order valence-electron chi connectivity index (χ4n) is 3.82. The van der Waals surface area contributed by atoms with E-state index < -0.39 is 53.4 Å². The summed E-state index contributed by atoms with van der Waals surface area (Å²) in [6, 6.07) is -1.01. The van der Waals surface area contributed by atoms with Crippen molar-refractivity contribution < 1.29 is 38.5 Å². The lowest BCUT2D eigenvalue weighted by Crippen LogP contribution is -2.49. The van der Waals surface area contributed by atoms with Crippen molar-refractivity contribution >= 4 is 24.1 Å². The van der Waals surface area contributed by atoms with Gasteiger partial charge >= 0.3 is 18.2 Å². The van der Waals surface area contributed by atoms with Crippen molar-refractivity contribution in [3.63, 3.8) is 0 Å². The summed E-state index contributed by atoms with van der Waals surface area (Å²) in [5.41, 5.74) is -1.69. The van der Waals surface area contributed by atoms with Gasteiger partial charge in [0.1, 0.15) is 17.9 Å². The van der Waals surface area contributed by atoms with Crippen molar-refractivity contribution in [1.29, 1.82) is 0 Å². The van der Waals surface area contributed by atoms with Crippen LogP contribution in [0.4, 0.5) is 9.59 Å². The number of rotatable bonds is 6. The van der Waals surface area contributed by atoms with Gasteiger partial charge in [0.2, 0.25) is 5.91 Å². The fourth-order valence-corrected chi connectivity index (χ4v) is 3.82. The molecule has 0 saturated carbocycles. The molecule has 30 heavy (non-hydrogen) atoms. The number of nitrogens with zero attached hydrogens (tertiary/aromatic N) is 2. The van der Waals surface area contributed by atoms with Gasteiger partial charge in [-0.3, -0.25) is 14.5 Å². The van der Waals surface area contributed by atoms with E-state index in [1.165, 1.54) is 4.90 Å². The molecule has 3 unspecified atom stereocenters. The highest BCUT2D eigenvalue weighted by molar-refractivity contribution is 5.95. The Morgan fingerprint density at radius 3 is 2.40 bits per heavy atom. The molecule has 10 heteroatoms. The van der Waals surface area contributed by atoms with Gasteiger partial charge < -0.3 is 19.3 Å². The largest absolute Gasteiger partial charge is 0.465 e. The number of hydrogen-bond donors (Lipinski definition) is 1. The second-order valence-electron chi connectivity index (χ2n) is 9.26. The zero-order valence-electron chi connectivity index (χ0n) is 18.5. The van der Waals surface area contributed by atoms with Gasteiger partial charge in [-0.2, -0.15) is 0 Å². The summed E-state index contributed by atoms with van der Waals surface area (Å²) in [4.78, 5) is 51.4. The standard InChI is InChI=1S/C20H32N2O8/c1-12-10-28-18(27)21(12)16(24)13(7-8-15(23)30-19(2,3)4)9-14-11-29-20(5,6)22(14)17(25)26/h12-14H,7-11H2,1-6H3,(H,25,26). The molecule has 2 heterocycles. The Kier molecular flexibility index (Phi) is 7.01. The topological polar surface area (TPSA) is 123 Å². The van der Waals surface area contributed by atoms with Crippen LogP contribution in [0.1, 0.15) is 60.8 Å². The molecular weight excluding hydrogens is 396 g/mol. The van der Waals surface area contributed by atoms with Crippen LogP contribution in [0.3, 0.4) is 0 Å². The van der Waals surface area contributed by atoms with Gasteiger partial charge in [0.15, 0.2) is 0 Å². The van der Waals surface area contributed by atoms with E-state index in [2.05, 4.69) is 0 Å². The zero-order chi connectivity index (χ0) is 22.9. The summed E-state index contributed by atoms with van der Waals surface area (Å²) >= 11 is 0. The maximum absolute atomic E-state index is 13.2. The number of carbonyl (C=O) groups excluding carboxylic acids is 3. The molecule has 2 aliphatic rings. The number of carboxylic acid groups (broad SMARTS) is 1. The van der Waals surface area contributed by atoms with E-state index in [0.717, 1.165) is 4.90 Å². The van der Waals surface area contributed by atoms with Crippen molar-refractivity contribution in [3.05, 3.63) is 0 Å². The van der Waals surface area contributed by atoms with E-state index in [-0.39, 0.29) is 32.5 Å². The fraction of sp³-hybridized carbons (Fsp3) is 0.800. The number of carbonyl (C=O) groups is 4. The lowest BCUT2D eigenvalue weighted by molar-refractivity contribution is -0.155. The SMILES string of the molecule is CC1COC(=O)N1C(=O)C(CCC(=O)OC(C)(C)C)CC1COC(C)(C)N1C(=O)O. The van der Waals surface area contributed by atoms with Gasteiger partial charge in [-0.1, -0.05) is 0 Å². The minimum Gasteiger partial charge on any atom is -0.465 e. The van der Waals surface area contributed by atoms with Gasteiger partial charge in [0.25, 0.3) is 0 Å². The highest BCUT2D eigenvalue weighted by Crippen LogP contribution is 2.33. The number of hydrogen-bond acceptors (Lipinski definition) is 7. The van der Waals surface area contributed by atoms with Crippen LogP contribution in [0.2, 0.25) is 0 Å². The normalized spacial score (nSPS) is 24.5. The maximum Gasteiger partial charge on any atom is 0.416 e. The van der Waals surface area contributed by atoms with Crippen LogP contribution in [0.5, 0.6) is 0 Å². The van der Waals surface area contributed by atoms with Crippen molar-refractivity contribution in [1.82, 2.24) is 9.80 Å². The predicted octanol–water partition coefficient (Wildman–Crippen LogP) is 2.60. The maximum atomic E-state index is 13.2.